The monoisotopic (exact) mass is 352 g/mol. The molecule has 1 aliphatic heterocycles. The van der Waals surface area contributed by atoms with Crippen LogP contribution in [0, 0.1) is 5.92 Å². The second-order valence-electron chi connectivity index (χ2n) is 6.55. The van der Waals surface area contributed by atoms with Crippen LogP contribution in [0.15, 0.2) is 22.7 Å². The summed E-state index contributed by atoms with van der Waals surface area (Å²) in [4.78, 5) is 1.10. The third kappa shape index (κ3) is 2.49. The zero-order valence-electron chi connectivity index (χ0n) is 12.1. The molecule has 1 aromatic carbocycles. The summed E-state index contributed by atoms with van der Waals surface area (Å²) in [7, 11) is 0. The Kier molecular flexibility index (Phi) is 4.04. The number of rotatable bonds is 1. The number of hydrogen-bond acceptors (Lipinski definition) is 2. The Morgan fingerprint density at radius 1 is 1.30 bits per heavy atom. The average molecular weight is 353 g/mol. The second-order valence-corrected chi connectivity index (χ2v) is 7.96. The Bertz CT molecular complexity index is 532. The lowest BCUT2D eigenvalue weighted by Crippen LogP contribution is -2.45. The SMILES string of the molecule is CC1(C)c2ccc(Br)cc2C(=S)CC1C1CCCCO1. The van der Waals surface area contributed by atoms with Crippen LogP contribution in [0.25, 0.3) is 0 Å². The highest BCUT2D eigenvalue weighted by Gasteiger charge is 2.43. The molecular formula is C17H21BrOS. The summed E-state index contributed by atoms with van der Waals surface area (Å²) in [6.07, 6.45) is 5.03. The highest BCUT2D eigenvalue weighted by molar-refractivity contribution is 9.10. The molecule has 1 aromatic rings. The lowest BCUT2D eigenvalue weighted by atomic mass is 9.63. The molecule has 2 unspecified atom stereocenters. The lowest BCUT2D eigenvalue weighted by molar-refractivity contribution is -0.0387. The van der Waals surface area contributed by atoms with Gasteiger partial charge in [-0.15, -0.1) is 0 Å². The first-order valence-corrected chi connectivity index (χ1v) is 8.65. The van der Waals surface area contributed by atoms with E-state index >= 15 is 0 Å². The quantitative estimate of drug-likeness (QED) is 0.655. The van der Waals surface area contributed by atoms with E-state index in [4.69, 9.17) is 17.0 Å². The molecular weight excluding hydrogens is 332 g/mol. The second kappa shape index (κ2) is 5.51. The minimum atomic E-state index is 0.125. The molecule has 2 atom stereocenters. The van der Waals surface area contributed by atoms with Gasteiger partial charge in [0.25, 0.3) is 0 Å². The van der Waals surface area contributed by atoms with Gasteiger partial charge in [-0.2, -0.15) is 0 Å². The fourth-order valence-electron chi connectivity index (χ4n) is 3.75. The number of fused-ring (bicyclic) bond motifs is 1. The van der Waals surface area contributed by atoms with Gasteiger partial charge in [-0.25, -0.2) is 0 Å². The van der Waals surface area contributed by atoms with Crippen LogP contribution >= 0.6 is 28.1 Å². The summed E-state index contributed by atoms with van der Waals surface area (Å²) < 4.78 is 7.18. The van der Waals surface area contributed by atoms with Crippen LogP contribution in [0.1, 0.15) is 50.7 Å². The lowest BCUT2D eigenvalue weighted by Gasteiger charge is -2.45. The van der Waals surface area contributed by atoms with Crippen molar-refractivity contribution in [1.29, 1.82) is 0 Å². The molecule has 1 saturated heterocycles. The van der Waals surface area contributed by atoms with Crippen LogP contribution in [0.3, 0.4) is 0 Å². The Morgan fingerprint density at radius 3 is 2.80 bits per heavy atom. The maximum absolute atomic E-state index is 6.07. The van der Waals surface area contributed by atoms with Crippen molar-refractivity contribution in [2.24, 2.45) is 5.92 Å². The van der Waals surface area contributed by atoms with Gasteiger partial charge in [0.2, 0.25) is 0 Å². The fourth-order valence-corrected chi connectivity index (χ4v) is 4.46. The summed E-state index contributed by atoms with van der Waals surface area (Å²) in [5, 5.41) is 0. The third-order valence-electron chi connectivity index (χ3n) is 4.97. The Balaban J connectivity index is 2.00. The van der Waals surface area contributed by atoms with E-state index in [1.807, 2.05) is 0 Å². The van der Waals surface area contributed by atoms with Crippen molar-refractivity contribution < 1.29 is 4.74 Å². The molecule has 3 rings (SSSR count). The highest BCUT2D eigenvalue weighted by Crippen LogP contribution is 2.45. The molecule has 1 aliphatic carbocycles. The van der Waals surface area contributed by atoms with Crippen LogP contribution in [0.2, 0.25) is 0 Å². The van der Waals surface area contributed by atoms with E-state index in [0.717, 1.165) is 22.4 Å². The standard InChI is InChI=1S/C17H21BrOS/c1-17(2)13-7-6-11(18)9-12(13)16(20)10-14(17)15-5-3-4-8-19-15/h6-7,9,14-15H,3-5,8,10H2,1-2H3. The number of halogens is 1. The van der Waals surface area contributed by atoms with Gasteiger partial charge in [-0.05, 0) is 60.3 Å². The Hall–Kier alpha value is -0.250. The molecule has 3 heteroatoms. The smallest absolute Gasteiger partial charge is 0.0615 e. The van der Waals surface area contributed by atoms with Crippen molar-refractivity contribution in [3.63, 3.8) is 0 Å². The summed E-state index contributed by atoms with van der Waals surface area (Å²) >= 11 is 9.26. The van der Waals surface area contributed by atoms with Crippen LogP contribution < -0.4 is 0 Å². The normalized spacial score (nSPS) is 29.1. The molecule has 1 heterocycles. The van der Waals surface area contributed by atoms with Gasteiger partial charge < -0.3 is 4.74 Å². The van der Waals surface area contributed by atoms with Gasteiger partial charge in [0.15, 0.2) is 0 Å². The molecule has 0 spiro atoms. The van der Waals surface area contributed by atoms with Gasteiger partial charge in [0.1, 0.15) is 0 Å². The molecule has 0 bridgehead atoms. The summed E-state index contributed by atoms with van der Waals surface area (Å²) in [5.41, 5.74) is 2.77. The largest absolute Gasteiger partial charge is 0.378 e. The number of thiocarbonyl (C=S) groups is 1. The Labute approximate surface area is 135 Å². The minimum absolute atomic E-state index is 0.125. The van der Waals surface area contributed by atoms with E-state index in [9.17, 15) is 0 Å². The van der Waals surface area contributed by atoms with Crippen molar-refractivity contribution in [3.8, 4) is 0 Å². The van der Waals surface area contributed by atoms with E-state index < -0.39 is 0 Å². The van der Waals surface area contributed by atoms with E-state index in [1.165, 1.54) is 30.4 Å². The van der Waals surface area contributed by atoms with Gasteiger partial charge in [0, 0.05) is 15.9 Å². The van der Waals surface area contributed by atoms with Gasteiger partial charge in [-0.3, -0.25) is 0 Å². The molecule has 0 saturated carbocycles. The highest BCUT2D eigenvalue weighted by atomic mass is 79.9. The van der Waals surface area contributed by atoms with E-state index in [2.05, 4.69) is 48.0 Å². The Morgan fingerprint density at radius 2 is 2.10 bits per heavy atom. The molecule has 1 nitrogen and oxygen atoms in total. The van der Waals surface area contributed by atoms with E-state index in [-0.39, 0.29) is 5.41 Å². The van der Waals surface area contributed by atoms with Crippen molar-refractivity contribution in [3.05, 3.63) is 33.8 Å². The maximum atomic E-state index is 6.07. The molecule has 1 fully saturated rings. The third-order valence-corrected chi connectivity index (χ3v) is 5.85. The van der Waals surface area contributed by atoms with Crippen molar-refractivity contribution in [2.75, 3.05) is 6.61 Å². The van der Waals surface area contributed by atoms with Gasteiger partial charge >= 0.3 is 0 Å². The molecule has 0 amide bonds. The van der Waals surface area contributed by atoms with Crippen molar-refractivity contribution >= 4 is 33.0 Å². The van der Waals surface area contributed by atoms with Crippen molar-refractivity contribution in [1.82, 2.24) is 0 Å². The number of ether oxygens (including phenoxy) is 1. The van der Waals surface area contributed by atoms with Crippen LogP contribution in [0.4, 0.5) is 0 Å². The molecule has 0 radical (unpaired) electrons. The van der Waals surface area contributed by atoms with Gasteiger partial charge in [0.05, 0.1) is 6.10 Å². The predicted octanol–water partition coefficient (Wildman–Crippen LogP) is 5.03. The first kappa shape index (κ1) is 14.7. The predicted molar refractivity (Wildman–Crippen MR) is 90.6 cm³/mol. The minimum Gasteiger partial charge on any atom is -0.378 e. The molecule has 20 heavy (non-hydrogen) atoms. The molecule has 2 aliphatic rings. The zero-order chi connectivity index (χ0) is 14.3. The average Bonchev–Trinajstić information content (AvgIpc) is 2.43. The van der Waals surface area contributed by atoms with Crippen LogP contribution in [0.5, 0.6) is 0 Å². The van der Waals surface area contributed by atoms with Crippen LogP contribution in [-0.4, -0.2) is 17.6 Å². The van der Waals surface area contributed by atoms with Gasteiger partial charge in [-0.1, -0.05) is 48.1 Å². The van der Waals surface area contributed by atoms with E-state index in [1.54, 1.807) is 0 Å². The fraction of sp³-hybridized carbons (Fsp3) is 0.588. The van der Waals surface area contributed by atoms with Crippen molar-refractivity contribution in [2.45, 2.75) is 51.0 Å². The molecule has 0 aromatic heterocycles. The zero-order valence-corrected chi connectivity index (χ0v) is 14.5. The van der Waals surface area contributed by atoms with E-state index in [0.29, 0.717) is 12.0 Å². The molecule has 108 valence electrons. The summed E-state index contributed by atoms with van der Waals surface area (Å²) in [6, 6.07) is 6.55. The van der Waals surface area contributed by atoms with Crippen LogP contribution in [-0.2, 0) is 10.2 Å². The topological polar surface area (TPSA) is 9.23 Å². The number of benzene rings is 1. The number of hydrogen-bond donors (Lipinski definition) is 0. The molecule has 0 N–H and O–H groups in total. The summed E-state index contributed by atoms with van der Waals surface area (Å²) in [5.74, 6) is 0.504. The summed E-state index contributed by atoms with van der Waals surface area (Å²) in [6.45, 7) is 5.62. The maximum Gasteiger partial charge on any atom is 0.0615 e. The first-order valence-electron chi connectivity index (χ1n) is 7.45. The first-order chi connectivity index (χ1) is 9.50.